The molecule has 0 heterocycles. The van der Waals surface area contributed by atoms with Gasteiger partial charge in [0.1, 0.15) is 0 Å². The molecule has 0 radical (unpaired) electrons. The van der Waals surface area contributed by atoms with E-state index in [1.165, 1.54) is 108 Å². The van der Waals surface area contributed by atoms with E-state index in [1.54, 1.807) is 0 Å². The van der Waals surface area contributed by atoms with Crippen LogP contribution in [0.25, 0.3) is 6.08 Å². The number of phenolic OH excluding ortho intramolecular Hbond substituents is 1. The zero-order valence-electron chi connectivity index (χ0n) is 36.1. The zero-order valence-corrected chi connectivity index (χ0v) is 36.1. The smallest absolute Gasteiger partial charge is 0.220 e. The molecular weight excluding hydrogens is 717 g/mol. The summed E-state index contributed by atoms with van der Waals surface area (Å²) in [6.45, 7) is 3.15. The number of aliphatic hydroxyl groups is 3. The van der Waals surface area contributed by atoms with Gasteiger partial charge in [0.05, 0.1) is 13.7 Å². The van der Waals surface area contributed by atoms with Crippen molar-refractivity contribution in [3.05, 3.63) is 54.1 Å². The average Bonchev–Trinajstić information content (AvgIpc) is 3.22. The summed E-state index contributed by atoms with van der Waals surface area (Å²) in [5.74, 6) is -3.03. The second-order valence-corrected chi connectivity index (χ2v) is 15.9. The van der Waals surface area contributed by atoms with Gasteiger partial charge in [0.25, 0.3) is 0 Å². The van der Waals surface area contributed by atoms with Crippen molar-refractivity contribution in [2.75, 3.05) is 13.7 Å². The lowest BCUT2D eigenvalue weighted by Crippen LogP contribution is -2.69. The Bertz CT molecular complexity index is 1260. The van der Waals surface area contributed by atoms with Crippen molar-refractivity contribution in [1.29, 1.82) is 0 Å². The molecule has 1 rings (SSSR count). The van der Waals surface area contributed by atoms with E-state index in [-0.39, 0.29) is 24.3 Å². The number of Topliss-reactive ketones (excluding diaryl/α,β-unsaturated/α-hetero) is 2. The number of benzene rings is 1. The van der Waals surface area contributed by atoms with E-state index < -0.39 is 35.2 Å². The number of unbranched alkanes of at least 4 members (excludes halogenated alkanes) is 22. The number of carbonyl (C=O) groups excluding carboxylic acids is 3. The number of ether oxygens (including phenoxy) is 1. The first-order chi connectivity index (χ1) is 27.6. The molecule has 0 aliphatic heterocycles. The Morgan fingerprint density at radius 2 is 0.982 bits per heavy atom. The number of carbonyl (C=O) groups is 3. The number of allylic oxidation sites excluding steroid dienone is 4. The van der Waals surface area contributed by atoms with Crippen molar-refractivity contribution < 1.29 is 39.5 Å². The molecule has 8 nitrogen and oxygen atoms in total. The minimum Gasteiger partial charge on any atom is -0.504 e. The van der Waals surface area contributed by atoms with Gasteiger partial charge >= 0.3 is 0 Å². The Hall–Kier alpha value is -3.07. The molecule has 0 spiro atoms. The maximum Gasteiger partial charge on any atom is 0.220 e. The lowest BCUT2D eigenvalue weighted by atomic mass is 9.71. The van der Waals surface area contributed by atoms with Crippen molar-refractivity contribution in [2.45, 2.75) is 205 Å². The van der Waals surface area contributed by atoms with Crippen LogP contribution < -0.4 is 4.74 Å². The number of aliphatic hydroxyl groups excluding tert-OH is 1. The third-order valence-corrected chi connectivity index (χ3v) is 11.0. The highest BCUT2D eigenvalue weighted by molar-refractivity contribution is 6.18. The summed E-state index contributed by atoms with van der Waals surface area (Å²) in [4.78, 5) is 41.0. The quantitative estimate of drug-likeness (QED) is 0.0224. The first kappa shape index (κ1) is 51.9. The SMILES string of the molecule is CCCCCCCCC=CCCCCCCCC(=O)C(O)(C(=O)CCCCCCCC=CCCCCCCCC)C(O)(CO)C(=O)C=Cc1ccc(O)c(OC)c1. The van der Waals surface area contributed by atoms with Gasteiger partial charge in [0.15, 0.2) is 34.4 Å². The van der Waals surface area contributed by atoms with E-state index in [4.69, 9.17) is 4.74 Å². The summed E-state index contributed by atoms with van der Waals surface area (Å²) in [7, 11) is 1.38. The van der Waals surface area contributed by atoms with Crippen molar-refractivity contribution in [3.8, 4) is 11.5 Å². The molecule has 4 N–H and O–H groups in total. The Morgan fingerprint density at radius 1 is 0.596 bits per heavy atom. The van der Waals surface area contributed by atoms with Crippen molar-refractivity contribution in [2.24, 2.45) is 0 Å². The average molecular weight is 797 g/mol. The minimum atomic E-state index is -3.10. The van der Waals surface area contributed by atoms with E-state index in [2.05, 4.69) is 38.2 Å². The summed E-state index contributed by atoms with van der Waals surface area (Å²) in [5.41, 5.74) is -5.75. The van der Waals surface area contributed by atoms with Gasteiger partial charge in [-0.1, -0.05) is 153 Å². The number of rotatable bonds is 38. The number of hydrogen-bond donors (Lipinski definition) is 4. The Balaban J connectivity index is 2.75. The van der Waals surface area contributed by atoms with Gasteiger partial charge in [-0.25, -0.2) is 0 Å². The molecule has 1 aromatic rings. The van der Waals surface area contributed by atoms with Gasteiger partial charge in [-0.15, -0.1) is 0 Å². The van der Waals surface area contributed by atoms with Crippen LogP contribution in [0.4, 0.5) is 0 Å². The van der Waals surface area contributed by atoms with Crippen molar-refractivity contribution in [1.82, 2.24) is 0 Å². The number of phenols is 1. The molecule has 8 heteroatoms. The summed E-state index contributed by atoms with van der Waals surface area (Å²) in [6, 6.07) is 4.33. The molecule has 0 bridgehead atoms. The lowest BCUT2D eigenvalue weighted by Gasteiger charge is -2.38. The maximum absolute atomic E-state index is 13.7. The third-order valence-electron chi connectivity index (χ3n) is 11.0. The highest BCUT2D eigenvalue weighted by Crippen LogP contribution is 2.32. The zero-order chi connectivity index (χ0) is 42.0. The standard InChI is InChI=1S/C49H80O8/c1-4-6-8-10-12-14-16-18-20-22-24-26-28-30-32-34-46(53)49(56,48(55,41-50)45(52)39-37-42-36-38-43(51)44(40-42)57-3)47(54)35-33-31-29-27-25-23-21-19-17-15-13-11-9-7-5-2/h18-21,36-40,50-51,55-56H,4-17,22-35,41H2,1-3H3. The van der Waals surface area contributed by atoms with Crippen LogP contribution in [0.2, 0.25) is 0 Å². The first-order valence-corrected chi connectivity index (χ1v) is 22.6. The third kappa shape index (κ3) is 21.0. The molecule has 0 saturated heterocycles. The van der Waals surface area contributed by atoms with Gasteiger partial charge < -0.3 is 25.2 Å². The summed E-state index contributed by atoms with van der Waals surface area (Å²) in [5, 5.41) is 43.7. The molecule has 0 amide bonds. The molecule has 1 unspecified atom stereocenters. The highest BCUT2D eigenvalue weighted by atomic mass is 16.5. The largest absolute Gasteiger partial charge is 0.504 e. The van der Waals surface area contributed by atoms with Crippen molar-refractivity contribution in [3.63, 3.8) is 0 Å². The fourth-order valence-corrected chi connectivity index (χ4v) is 7.17. The first-order valence-electron chi connectivity index (χ1n) is 22.6. The normalized spacial score (nSPS) is 14.1. The van der Waals surface area contributed by atoms with E-state index in [0.29, 0.717) is 31.2 Å². The number of hydrogen-bond acceptors (Lipinski definition) is 8. The fourth-order valence-electron chi connectivity index (χ4n) is 7.17. The van der Waals surface area contributed by atoms with Crippen LogP contribution in [-0.4, -0.2) is 62.7 Å². The molecule has 0 fully saturated rings. The Labute approximate surface area is 346 Å². The molecule has 0 aliphatic carbocycles. The Kier molecular flexibility index (Phi) is 29.9. The molecule has 1 atom stereocenters. The van der Waals surface area contributed by atoms with Crippen LogP contribution >= 0.6 is 0 Å². The highest BCUT2D eigenvalue weighted by Gasteiger charge is 2.61. The van der Waals surface area contributed by atoms with Gasteiger partial charge in [0.2, 0.25) is 5.60 Å². The van der Waals surface area contributed by atoms with Crippen molar-refractivity contribution >= 4 is 23.4 Å². The van der Waals surface area contributed by atoms with E-state index in [1.807, 2.05) is 0 Å². The lowest BCUT2D eigenvalue weighted by molar-refractivity contribution is -0.191. The number of aromatic hydroxyl groups is 1. The molecule has 324 valence electrons. The van der Waals surface area contributed by atoms with Crippen LogP contribution in [-0.2, 0) is 14.4 Å². The van der Waals surface area contributed by atoms with E-state index in [9.17, 15) is 34.8 Å². The molecule has 0 aromatic heterocycles. The van der Waals surface area contributed by atoms with Gasteiger partial charge in [-0.3, -0.25) is 14.4 Å². The fraction of sp³-hybridized carbons (Fsp3) is 0.694. The predicted octanol–water partition coefficient (Wildman–Crippen LogP) is 11.7. The summed E-state index contributed by atoms with van der Waals surface area (Å²) in [6.07, 6.45) is 38.6. The second-order valence-electron chi connectivity index (χ2n) is 15.9. The summed E-state index contributed by atoms with van der Waals surface area (Å²) >= 11 is 0. The van der Waals surface area contributed by atoms with Gasteiger partial charge in [-0.2, -0.15) is 0 Å². The maximum atomic E-state index is 13.7. The second kappa shape index (κ2) is 32.8. The number of methoxy groups -OCH3 is 1. The van der Waals surface area contributed by atoms with Crippen LogP contribution in [0.1, 0.15) is 199 Å². The van der Waals surface area contributed by atoms with Crippen LogP contribution in [0.3, 0.4) is 0 Å². The minimum absolute atomic E-state index is 0.107. The molecule has 0 aliphatic rings. The summed E-state index contributed by atoms with van der Waals surface area (Å²) < 4.78 is 5.11. The molecule has 1 aromatic carbocycles. The predicted molar refractivity (Wildman–Crippen MR) is 235 cm³/mol. The van der Waals surface area contributed by atoms with E-state index >= 15 is 0 Å². The van der Waals surface area contributed by atoms with Crippen LogP contribution in [0.5, 0.6) is 11.5 Å². The molecular formula is C49H80O8. The molecule has 0 saturated carbocycles. The van der Waals surface area contributed by atoms with Crippen LogP contribution in [0, 0.1) is 0 Å². The molecule has 57 heavy (non-hydrogen) atoms. The van der Waals surface area contributed by atoms with E-state index in [0.717, 1.165) is 70.3 Å². The van der Waals surface area contributed by atoms with Crippen LogP contribution in [0.15, 0.2) is 48.6 Å². The van der Waals surface area contributed by atoms with Gasteiger partial charge in [-0.05, 0) is 88.0 Å². The monoisotopic (exact) mass is 797 g/mol. The topological polar surface area (TPSA) is 141 Å². The number of ketones is 3. The van der Waals surface area contributed by atoms with Gasteiger partial charge in [0, 0.05) is 12.8 Å². The Morgan fingerprint density at radius 3 is 1.37 bits per heavy atom.